The van der Waals surface area contributed by atoms with Gasteiger partial charge in [0, 0.05) is 17.8 Å². The van der Waals surface area contributed by atoms with E-state index in [9.17, 15) is 4.79 Å². The Bertz CT molecular complexity index is 433. The number of rotatable bonds is 3. The first-order chi connectivity index (χ1) is 8.98. The van der Waals surface area contributed by atoms with Gasteiger partial charge in [0.05, 0.1) is 0 Å². The van der Waals surface area contributed by atoms with Crippen LogP contribution in [-0.2, 0) is 0 Å². The van der Waals surface area contributed by atoms with E-state index in [1.807, 2.05) is 0 Å². The van der Waals surface area contributed by atoms with E-state index in [0.717, 1.165) is 32.5 Å². The highest BCUT2D eigenvalue weighted by atomic mass is 16.1. The zero-order valence-electron chi connectivity index (χ0n) is 11.8. The summed E-state index contributed by atoms with van der Waals surface area (Å²) in [5, 5.41) is 3.05. The monoisotopic (exact) mass is 261 g/mol. The quantitative estimate of drug-likeness (QED) is 0.815. The van der Waals surface area contributed by atoms with Crippen molar-refractivity contribution in [3.63, 3.8) is 0 Å². The van der Waals surface area contributed by atoms with Crippen LogP contribution in [0.3, 0.4) is 0 Å². The van der Waals surface area contributed by atoms with E-state index in [0.29, 0.717) is 11.3 Å². The second-order valence-corrected chi connectivity index (χ2v) is 5.92. The van der Waals surface area contributed by atoms with Crippen LogP contribution >= 0.6 is 0 Å². The zero-order valence-corrected chi connectivity index (χ0v) is 11.8. The summed E-state index contributed by atoms with van der Waals surface area (Å²) in [5.74, 6) is -0.0137. The molecule has 1 aliphatic heterocycles. The van der Waals surface area contributed by atoms with Crippen molar-refractivity contribution in [2.75, 3.05) is 32.4 Å². The van der Waals surface area contributed by atoms with Gasteiger partial charge in [0.15, 0.2) is 0 Å². The van der Waals surface area contributed by atoms with E-state index in [-0.39, 0.29) is 11.3 Å². The summed E-state index contributed by atoms with van der Waals surface area (Å²) in [6, 6.07) is 7.04. The number of nitrogen functional groups attached to an aromatic ring is 1. The molecule has 2 rings (SSSR count). The molecule has 4 heteroatoms. The van der Waals surface area contributed by atoms with Gasteiger partial charge < -0.3 is 16.0 Å². The van der Waals surface area contributed by atoms with Crippen LogP contribution in [0.25, 0.3) is 0 Å². The SMILES string of the molecule is CN1CCC(C)(CNC(=O)c2ccc(N)cc2)CC1. The molecule has 1 aromatic rings. The lowest BCUT2D eigenvalue weighted by Crippen LogP contribution is -2.43. The summed E-state index contributed by atoms with van der Waals surface area (Å²) in [6.07, 6.45) is 2.26. The van der Waals surface area contributed by atoms with Crippen LogP contribution in [0.1, 0.15) is 30.1 Å². The molecule has 0 atom stereocenters. The Labute approximate surface area is 115 Å². The van der Waals surface area contributed by atoms with E-state index in [1.165, 1.54) is 0 Å². The molecule has 0 bridgehead atoms. The van der Waals surface area contributed by atoms with E-state index >= 15 is 0 Å². The molecule has 0 aliphatic carbocycles. The molecule has 1 saturated heterocycles. The molecule has 1 heterocycles. The first-order valence-corrected chi connectivity index (χ1v) is 6.81. The van der Waals surface area contributed by atoms with Crippen molar-refractivity contribution in [3.05, 3.63) is 29.8 Å². The molecule has 0 spiro atoms. The topological polar surface area (TPSA) is 58.4 Å². The number of carbonyl (C=O) groups is 1. The molecule has 0 aromatic heterocycles. The van der Waals surface area contributed by atoms with Crippen molar-refractivity contribution >= 4 is 11.6 Å². The third kappa shape index (κ3) is 3.70. The molecule has 1 aromatic carbocycles. The van der Waals surface area contributed by atoms with E-state index in [1.54, 1.807) is 24.3 Å². The maximum absolute atomic E-state index is 12.0. The predicted molar refractivity (Wildman–Crippen MR) is 78.0 cm³/mol. The van der Waals surface area contributed by atoms with Crippen molar-refractivity contribution in [3.8, 4) is 0 Å². The number of hydrogen-bond acceptors (Lipinski definition) is 3. The van der Waals surface area contributed by atoms with Crippen LogP contribution in [0.5, 0.6) is 0 Å². The number of piperidine rings is 1. The second-order valence-electron chi connectivity index (χ2n) is 5.92. The minimum absolute atomic E-state index is 0.0137. The number of nitrogens with one attached hydrogen (secondary N) is 1. The Morgan fingerprint density at radius 3 is 2.47 bits per heavy atom. The largest absolute Gasteiger partial charge is 0.399 e. The molecule has 4 nitrogen and oxygen atoms in total. The fraction of sp³-hybridized carbons (Fsp3) is 0.533. The summed E-state index contributed by atoms with van der Waals surface area (Å²) >= 11 is 0. The van der Waals surface area contributed by atoms with Crippen molar-refractivity contribution in [2.24, 2.45) is 5.41 Å². The standard InChI is InChI=1S/C15H23N3O/c1-15(7-9-18(2)10-8-15)11-17-14(19)12-3-5-13(16)6-4-12/h3-6H,7-11,16H2,1-2H3,(H,17,19). The predicted octanol–water partition coefficient (Wildman–Crippen LogP) is 1.73. The summed E-state index contributed by atoms with van der Waals surface area (Å²) in [5.41, 5.74) is 7.19. The van der Waals surface area contributed by atoms with Crippen LogP contribution in [0, 0.1) is 5.41 Å². The molecule has 19 heavy (non-hydrogen) atoms. The third-order valence-corrected chi connectivity index (χ3v) is 4.04. The van der Waals surface area contributed by atoms with Gasteiger partial charge in [-0.15, -0.1) is 0 Å². The number of nitrogens with two attached hydrogens (primary N) is 1. The molecule has 0 radical (unpaired) electrons. The average Bonchev–Trinajstić information content (AvgIpc) is 2.41. The van der Waals surface area contributed by atoms with E-state index in [2.05, 4.69) is 24.2 Å². The van der Waals surface area contributed by atoms with Gasteiger partial charge in [0.25, 0.3) is 5.91 Å². The maximum atomic E-state index is 12.0. The fourth-order valence-electron chi connectivity index (χ4n) is 2.37. The summed E-state index contributed by atoms with van der Waals surface area (Å²) in [6.45, 7) is 5.20. The highest BCUT2D eigenvalue weighted by Gasteiger charge is 2.29. The molecule has 1 aliphatic rings. The Hall–Kier alpha value is -1.55. The number of benzene rings is 1. The van der Waals surface area contributed by atoms with Gasteiger partial charge in [-0.3, -0.25) is 4.79 Å². The Morgan fingerprint density at radius 2 is 1.89 bits per heavy atom. The summed E-state index contributed by atoms with van der Waals surface area (Å²) < 4.78 is 0. The molecular weight excluding hydrogens is 238 g/mol. The maximum Gasteiger partial charge on any atom is 0.251 e. The molecular formula is C15H23N3O. The minimum atomic E-state index is -0.0137. The lowest BCUT2D eigenvalue weighted by Gasteiger charge is -2.37. The van der Waals surface area contributed by atoms with Crippen LogP contribution in [0.15, 0.2) is 24.3 Å². The third-order valence-electron chi connectivity index (χ3n) is 4.04. The number of carbonyl (C=O) groups excluding carboxylic acids is 1. The molecule has 0 saturated carbocycles. The molecule has 3 N–H and O–H groups in total. The number of anilines is 1. The lowest BCUT2D eigenvalue weighted by molar-refractivity contribution is 0.0891. The fourth-order valence-corrected chi connectivity index (χ4v) is 2.37. The van der Waals surface area contributed by atoms with Crippen molar-refractivity contribution in [1.82, 2.24) is 10.2 Å². The van der Waals surface area contributed by atoms with Crippen LogP contribution < -0.4 is 11.1 Å². The first kappa shape index (κ1) is 13.9. The first-order valence-electron chi connectivity index (χ1n) is 6.81. The molecule has 104 valence electrons. The smallest absolute Gasteiger partial charge is 0.251 e. The van der Waals surface area contributed by atoms with Gasteiger partial charge in [0.2, 0.25) is 0 Å². The second kappa shape index (κ2) is 5.61. The highest BCUT2D eigenvalue weighted by molar-refractivity contribution is 5.94. The Morgan fingerprint density at radius 1 is 1.32 bits per heavy atom. The number of hydrogen-bond donors (Lipinski definition) is 2. The average molecular weight is 261 g/mol. The van der Waals surface area contributed by atoms with Crippen LogP contribution in [-0.4, -0.2) is 37.5 Å². The van der Waals surface area contributed by atoms with E-state index in [4.69, 9.17) is 5.73 Å². The van der Waals surface area contributed by atoms with E-state index < -0.39 is 0 Å². The number of likely N-dealkylation sites (tertiary alicyclic amines) is 1. The lowest BCUT2D eigenvalue weighted by atomic mass is 9.80. The van der Waals surface area contributed by atoms with Gasteiger partial charge in [0.1, 0.15) is 0 Å². The van der Waals surface area contributed by atoms with Gasteiger partial charge in [-0.1, -0.05) is 6.92 Å². The number of nitrogens with zero attached hydrogens (tertiary/aromatic N) is 1. The number of amides is 1. The Kier molecular flexibility index (Phi) is 4.10. The highest BCUT2D eigenvalue weighted by Crippen LogP contribution is 2.29. The molecule has 1 amide bonds. The van der Waals surface area contributed by atoms with Gasteiger partial charge in [-0.25, -0.2) is 0 Å². The van der Waals surface area contributed by atoms with Crippen LogP contribution in [0.4, 0.5) is 5.69 Å². The summed E-state index contributed by atoms with van der Waals surface area (Å²) in [7, 11) is 2.15. The van der Waals surface area contributed by atoms with Gasteiger partial charge in [-0.05, 0) is 62.7 Å². The zero-order chi connectivity index (χ0) is 13.9. The Balaban J connectivity index is 1.88. The van der Waals surface area contributed by atoms with Crippen molar-refractivity contribution in [1.29, 1.82) is 0 Å². The minimum Gasteiger partial charge on any atom is -0.399 e. The normalized spacial score (nSPS) is 19.1. The van der Waals surface area contributed by atoms with Crippen LogP contribution in [0.2, 0.25) is 0 Å². The van der Waals surface area contributed by atoms with Gasteiger partial charge in [-0.2, -0.15) is 0 Å². The van der Waals surface area contributed by atoms with Crippen molar-refractivity contribution in [2.45, 2.75) is 19.8 Å². The molecule has 1 fully saturated rings. The summed E-state index contributed by atoms with van der Waals surface area (Å²) in [4.78, 5) is 14.4. The van der Waals surface area contributed by atoms with Crippen molar-refractivity contribution < 1.29 is 4.79 Å². The van der Waals surface area contributed by atoms with Gasteiger partial charge >= 0.3 is 0 Å². The molecule has 0 unspecified atom stereocenters.